The first kappa shape index (κ1) is 18.7. The van der Waals surface area contributed by atoms with Crippen LogP contribution in [0.4, 0.5) is 0 Å². The van der Waals surface area contributed by atoms with Crippen LogP contribution in [0.3, 0.4) is 0 Å². The van der Waals surface area contributed by atoms with E-state index >= 15 is 0 Å². The summed E-state index contributed by atoms with van der Waals surface area (Å²) in [6.07, 6.45) is 6.90. The van der Waals surface area contributed by atoms with Gasteiger partial charge in [0.25, 0.3) is 0 Å². The van der Waals surface area contributed by atoms with Crippen LogP contribution in [-0.4, -0.2) is 17.9 Å². The Morgan fingerprint density at radius 1 is 1.14 bits per heavy atom. The van der Waals surface area contributed by atoms with E-state index in [4.69, 9.17) is 16.6 Å². The Labute approximate surface area is 183 Å². The van der Waals surface area contributed by atoms with Crippen LogP contribution in [0.1, 0.15) is 42.4 Å². The fourth-order valence-electron chi connectivity index (χ4n) is 4.56. The van der Waals surface area contributed by atoms with Crippen LogP contribution in [0.15, 0.2) is 51.2 Å². The molecule has 2 aliphatic rings. The maximum Gasteiger partial charge on any atom is 0.129 e. The van der Waals surface area contributed by atoms with Gasteiger partial charge >= 0.3 is 0 Å². The van der Waals surface area contributed by atoms with E-state index in [9.17, 15) is 0 Å². The Bertz CT molecular complexity index is 1060. The molecule has 144 valence electrons. The maximum absolute atomic E-state index is 6.67. The van der Waals surface area contributed by atoms with E-state index in [-0.39, 0.29) is 0 Å². The highest BCUT2D eigenvalue weighted by atomic mass is 79.9. The number of halogens is 2. The van der Waals surface area contributed by atoms with Crippen molar-refractivity contribution in [2.45, 2.75) is 50.6 Å². The minimum Gasteiger partial charge on any atom is -0.365 e. The van der Waals surface area contributed by atoms with E-state index in [0.29, 0.717) is 12.1 Å². The lowest BCUT2D eigenvalue weighted by molar-refractivity contribution is 0.385. The highest BCUT2D eigenvalue weighted by Crippen LogP contribution is 2.32. The molecule has 2 heterocycles. The first-order chi connectivity index (χ1) is 13.7. The van der Waals surface area contributed by atoms with Crippen LogP contribution in [0.25, 0.3) is 10.1 Å². The van der Waals surface area contributed by atoms with Gasteiger partial charge in [-0.25, -0.2) is 0 Å². The van der Waals surface area contributed by atoms with Gasteiger partial charge in [0.1, 0.15) is 5.84 Å². The normalized spacial score (nSPS) is 21.4. The summed E-state index contributed by atoms with van der Waals surface area (Å²) in [6.45, 7) is 0. The van der Waals surface area contributed by atoms with Crippen LogP contribution in [-0.2, 0) is 12.8 Å². The molecule has 2 atom stereocenters. The Morgan fingerprint density at radius 3 is 2.93 bits per heavy atom. The summed E-state index contributed by atoms with van der Waals surface area (Å²) in [6, 6.07) is 13.8. The Morgan fingerprint density at radius 2 is 2.04 bits per heavy atom. The number of nitrogens with one attached hydrogen (secondary N) is 1. The van der Waals surface area contributed by atoms with Crippen LogP contribution in [0.5, 0.6) is 0 Å². The molecular formula is C23H22BrClN2S. The number of amidine groups is 1. The largest absolute Gasteiger partial charge is 0.365 e. The molecular weight excluding hydrogens is 452 g/mol. The van der Waals surface area contributed by atoms with Gasteiger partial charge in [-0.1, -0.05) is 52.5 Å². The minimum absolute atomic E-state index is 0.436. The molecule has 1 fully saturated rings. The summed E-state index contributed by atoms with van der Waals surface area (Å²) in [5, 5.41) is 8.01. The Hall–Kier alpha value is -1.36. The molecule has 2 aromatic carbocycles. The molecule has 5 rings (SSSR count). The van der Waals surface area contributed by atoms with Gasteiger partial charge < -0.3 is 5.32 Å². The highest BCUT2D eigenvalue weighted by molar-refractivity contribution is 9.10. The van der Waals surface area contributed by atoms with E-state index in [2.05, 4.69) is 50.9 Å². The van der Waals surface area contributed by atoms with Gasteiger partial charge in [0.2, 0.25) is 0 Å². The Kier molecular flexibility index (Phi) is 5.20. The van der Waals surface area contributed by atoms with Crippen molar-refractivity contribution in [3.63, 3.8) is 0 Å². The molecule has 2 nitrogen and oxygen atoms in total. The zero-order valence-electron chi connectivity index (χ0n) is 15.6. The number of thiophene rings is 1. The van der Waals surface area contributed by atoms with Gasteiger partial charge in [0, 0.05) is 25.8 Å². The molecule has 0 radical (unpaired) electrons. The second-order valence-corrected chi connectivity index (χ2v) is 9.99. The molecule has 0 bridgehead atoms. The molecule has 1 saturated carbocycles. The van der Waals surface area contributed by atoms with Crippen molar-refractivity contribution in [1.29, 1.82) is 0 Å². The van der Waals surface area contributed by atoms with E-state index in [1.165, 1.54) is 52.5 Å². The third-order valence-corrected chi connectivity index (χ3v) is 7.78. The van der Waals surface area contributed by atoms with Crippen molar-refractivity contribution >= 4 is 54.8 Å². The van der Waals surface area contributed by atoms with E-state index in [1.807, 2.05) is 23.5 Å². The topological polar surface area (TPSA) is 24.4 Å². The summed E-state index contributed by atoms with van der Waals surface area (Å²) in [5.41, 5.74) is 3.76. The number of hydrogen-bond acceptors (Lipinski definition) is 3. The number of fused-ring (bicyclic) bond motifs is 2. The van der Waals surface area contributed by atoms with Gasteiger partial charge in [-0.2, -0.15) is 0 Å². The van der Waals surface area contributed by atoms with E-state index < -0.39 is 0 Å². The summed E-state index contributed by atoms with van der Waals surface area (Å²) >= 11 is 12.1. The van der Waals surface area contributed by atoms with Gasteiger partial charge in [-0.15, -0.1) is 11.3 Å². The molecule has 0 saturated heterocycles. The molecule has 0 amide bonds. The zero-order chi connectivity index (χ0) is 19.1. The van der Waals surface area contributed by atoms with Gasteiger partial charge in [0.15, 0.2) is 0 Å². The predicted molar refractivity (Wildman–Crippen MR) is 124 cm³/mol. The number of rotatable bonds is 4. The highest BCUT2D eigenvalue weighted by Gasteiger charge is 2.32. The van der Waals surface area contributed by atoms with E-state index in [1.54, 1.807) is 0 Å². The zero-order valence-corrected chi connectivity index (χ0v) is 18.7. The van der Waals surface area contributed by atoms with Crippen LogP contribution < -0.4 is 5.32 Å². The number of aliphatic imine (C=N–C) groups is 1. The summed E-state index contributed by atoms with van der Waals surface area (Å²) in [7, 11) is 0. The standard InChI is InChI=1S/C23H22BrClN2S/c24-16-12-14(22-15(13-16)10-11-28-22)8-9-17-18(4-3-5-19(17)25)23-26-20-6-1-2-7-21(20)27-23/h3-5,10-13,20-21H,1-2,6-9H2,(H,26,27)/t20-,21?/m0/s1. The summed E-state index contributed by atoms with van der Waals surface area (Å²) in [4.78, 5) is 5.03. The van der Waals surface area contributed by atoms with Crippen LogP contribution in [0, 0.1) is 0 Å². The fraction of sp³-hybridized carbons (Fsp3) is 0.348. The fourth-order valence-corrected chi connectivity index (χ4v) is 6.27. The average molecular weight is 474 g/mol. The number of hydrogen-bond donors (Lipinski definition) is 1. The van der Waals surface area contributed by atoms with E-state index in [0.717, 1.165) is 28.2 Å². The van der Waals surface area contributed by atoms with Crippen molar-refractivity contribution in [2.75, 3.05) is 0 Å². The number of aryl methyl sites for hydroxylation is 1. The molecule has 1 aromatic heterocycles. The van der Waals surface area contributed by atoms with Crippen molar-refractivity contribution in [1.82, 2.24) is 5.32 Å². The minimum atomic E-state index is 0.436. The number of nitrogens with zero attached hydrogens (tertiary/aromatic N) is 1. The molecule has 28 heavy (non-hydrogen) atoms. The van der Waals surface area contributed by atoms with Crippen molar-refractivity contribution < 1.29 is 0 Å². The van der Waals surface area contributed by atoms with Gasteiger partial charge in [0.05, 0.1) is 6.04 Å². The summed E-state index contributed by atoms with van der Waals surface area (Å²) < 4.78 is 2.51. The molecule has 1 N–H and O–H groups in total. The van der Waals surface area contributed by atoms with Crippen molar-refractivity contribution in [3.8, 4) is 0 Å². The van der Waals surface area contributed by atoms with Crippen LogP contribution >= 0.6 is 38.9 Å². The second kappa shape index (κ2) is 7.81. The van der Waals surface area contributed by atoms with Crippen molar-refractivity contribution in [2.24, 2.45) is 4.99 Å². The molecule has 3 aromatic rings. The van der Waals surface area contributed by atoms with Crippen molar-refractivity contribution in [3.05, 3.63) is 68.0 Å². The second-order valence-electron chi connectivity index (χ2n) is 7.75. The molecule has 1 unspecified atom stereocenters. The summed E-state index contributed by atoms with van der Waals surface area (Å²) in [5.74, 6) is 1.05. The molecule has 1 aliphatic heterocycles. The maximum atomic E-state index is 6.67. The van der Waals surface area contributed by atoms with Crippen LogP contribution in [0.2, 0.25) is 5.02 Å². The lowest BCUT2D eigenvalue weighted by atomic mass is 9.92. The monoisotopic (exact) mass is 472 g/mol. The lowest BCUT2D eigenvalue weighted by Gasteiger charge is -2.23. The lowest BCUT2D eigenvalue weighted by Crippen LogP contribution is -2.37. The molecule has 0 spiro atoms. The third-order valence-electron chi connectivity index (χ3n) is 5.96. The first-order valence-electron chi connectivity index (χ1n) is 9.97. The average Bonchev–Trinajstić information content (AvgIpc) is 3.33. The first-order valence-corrected chi connectivity index (χ1v) is 12.0. The smallest absolute Gasteiger partial charge is 0.129 e. The molecule has 1 aliphatic carbocycles. The quantitative estimate of drug-likeness (QED) is 0.444. The number of benzene rings is 2. The SMILES string of the molecule is Clc1cccc(C2=N[C@H]3CCCCC3N2)c1CCc1cc(Br)cc2ccsc12. The molecule has 5 heteroatoms. The predicted octanol–water partition coefficient (Wildman–Crippen LogP) is 6.76. The third kappa shape index (κ3) is 3.51. The van der Waals surface area contributed by atoms with Gasteiger partial charge in [-0.05, 0) is 71.8 Å². The Balaban J connectivity index is 1.45. The van der Waals surface area contributed by atoms with Gasteiger partial charge in [-0.3, -0.25) is 4.99 Å².